The largest absolute Gasteiger partial charge is 0.480 e. The second-order valence-corrected chi connectivity index (χ2v) is 5.05. The zero-order valence-corrected chi connectivity index (χ0v) is 11.1. The number of hydrogen-bond donors (Lipinski definition) is 1. The molecule has 0 saturated carbocycles. The molecule has 1 saturated heterocycles. The van der Waals surface area contributed by atoms with E-state index in [1.165, 1.54) is 0 Å². The van der Waals surface area contributed by atoms with Crippen LogP contribution in [0.2, 0.25) is 0 Å². The number of aromatic nitrogens is 2. The summed E-state index contributed by atoms with van der Waals surface area (Å²) in [6.07, 6.45) is 3.58. The van der Waals surface area contributed by atoms with Gasteiger partial charge in [-0.3, -0.25) is 9.69 Å². The molecule has 0 radical (unpaired) electrons. The number of likely N-dealkylation sites (tertiary alicyclic amines) is 1. The van der Waals surface area contributed by atoms with Gasteiger partial charge >= 0.3 is 5.97 Å². The van der Waals surface area contributed by atoms with E-state index >= 15 is 0 Å². The van der Waals surface area contributed by atoms with Crippen LogP contribution in [-0.4, -0.2) is 38.3 Å². The molecule has 0 bridgehead atoms. The Morgan fingerprint density at radius 3 is 2.85 bits per heavy atom. The van der Waals surface area contributed by atoms with E-state index in [1.807, 2.05) is 52.2 Å². The molecule has 0 amide bonds. The zero-order valence-electron chi connectivity index (χ0n) is 11.1. The summed E-state index contributed by atoms with van der Waals surface area (Å²) in [6.45, 7) is 1.42. The lowest BCUT2D eigenvalue weighted by Crippen LogP contribution is -2.35. The van der Waals surface area contributed by atoms with Gasteiger partial charge in [-0.25, -0.2) is 4.68 Å². The number of benzene rings is 1. The van der Waals surface area contributed by atoms with Crippen molar-refractivity contribution in [3.05, 3.63) is 48.3 Å². The van der Waals surface area contributed by atoms with Gasteiger partial charge in [-0.1, -0.05) is 18.2 Å². The van der Waals surface area contributed by atoms with Gasteiger partial charge in [0.1, 0.15) is 6.04 Å². The van der Waals surface area contributed by atoms with Gasteiger partial charge in [0.2, 0.25) is 0 Å². The van der Waals surface area contributed by atoms with Crippen molar-refractivity contribution < 1.29 is 9.90 Å². The number of para-hydroxylation sites is 1. The van der Waals surface area contributed by atoms with Crippen LogP contribution in [0.25, 0.3) is 5.69 Å². The minimum atomic E-state index is -0.731. The summed E-state index contributed by atoms with van der Waals surface area (Å²) >= 11 is 0. The average molecular weight is 271 g/mol. The Bertz CT molecular complexity index is 594. The summed E-state index contributed by atoms with van der Waals surface area (Å²) in [5.41, 5.74) is 1.91. The quantitative estimate of drug-likeness (QED) is 0.923. The predicted molar refractivity (Wildman–Crippen MR) is 74.6 cm³/mol. The van der Waals surface area contributed by atoms with Gasteiger partial charge in [-0.05, 0) is 37.6 Å². The second kappa shape index (κ2) is 5.46. The van der Waals surface area contributed by atoms with Gasteiger partial charge < -0.3 is 5.11 Å². The summed E-state index contributed by atoms with van der Waals surface area (Å²) < 4.78 is 1.82. The van der Waals surface area contributed by atoms with Crippen LogP contribution in [0, 0.1) is 0 Å². The molecule has 20 heavy (non-hydrogen) atoms. The molecule has 0 aliphatic carbocycles. The standard InChI is InChI=1S/C15H17N3O2/c19-15(20)14-7-4-9-17(14)11-12-8-10-18(16-12)13-5-2-1-3-6-13/h1-3,5-6,8,10,14H,4,7,9,11H2,(H,19,20)/t14-/m1/s1. The molecule has 5 nitrogen and oxygen atoms in total. The van der Waals surface area contributed by atoms with E-state index in [9.17, 15) is 9.90 Å². The molecule has 1 fully saturated rings. The Morgan fingerprint density at radius 2 is 2.10 bits per heavy atom. The summed E-state index contributed by atoms with van der Waals surface area (Å²) in [5.74, 6) is -0.731. The molecular weight excluding hydrogens is 254 g/mol. The Hall–Kier alpha value is -2.14. The highest BCUT2D eigenvalue weighted by atomic mass is 16.4. The van der Waals surface area contributed by atoms with Crippen LogP contribution in [0.5, 0.6) is 0 Å². The molecule has 1 aliphatic rings. The van der Waals surface area contributed by atoms with Crippen molar-refractivity contribution in [3.63, 3.8) is 0 Å². The highest BCUT2D eigenvalue weighted by Crippen LogP contribution is 2.20. The number of carboxylic acid groups (broad SMARTS) is 1. The molecule has 1 aromatic heterocycles. The van der Waals surface area contributed by atoms with E-state index in [1.54, 1.807) is 0 Å². The van der Waals surface area contributed by atoms with Crippen molar-refractivity contribution in [1.82, 2.24) is 14.7 Å². The minimum Gasteiger partial charge on any atom is -0.480 e. The number of carbonyl (C=O) groups is 1. The predicted octanol–water partition coefficient (Wildman–Crippen LogP) is 1.92. The van der Waals surface area contributed by atoms with E-state index < -0.39 is 5.97 Å². The van der Waals surface area contributed by atoms with E-state index in [0.29, 0.717) is 6.54 Å². The van der Waals surface area contributed by atoms with E-state index in [0.717, 1.165) is 30.8 Å². The molecule has 2 aromatic rings. The summed E-state index contributed by atoms with van der Waals surface area (Å²) in [7, 11) is 0. The number of aliphatic carboxylic acids is 1. The fourth-order valence-electron chi connectivity index (χ4n) is 2.67. The molecule has 1 aliphatic heterocycles. The molecule has 0 unspecified atom stereocenters. The molecule has 5 heteroatoms. The lowest BCUT2D eigenvalue weighted by Gasteiger charge is -2.19. The summed E-state index contributed by atoms with van der Waals surface area (Å²) in [6, 6.07) is 11.5. The minimum absolute atomic E-state index is 0.364. The van der Waals surface area contributed by atoms with Gasteiger partial charge in [0, 0.05) is 12.7 Å². The first-order chi connectivity index (χ1) is 9.74. The van der Waals surface area contributed by atoms with Crippen LogP contribution in [0.15, 0.2) is 42.6 Å². The Kier molecular flexibility index (Phi) is 3.52. The molecule has 1 atom stereocenters. The fraction of sp³-hybridized carbons (Fsp3) is 0.333. The van der Waals surface area contributed by atoms with E-state index in [2.05, 4.69) is 5.10 Å². The number of rotatable bonds is 4. The number of carboxylic acids is 1. The third-order valence-corrected chi connectivity index (χ3v) is 3.68. The normalized spacial score (nSPS) is 19.3. The highest BCUT2D eigenvalue weighted by Gasteiger charge is 2.30. The van der Waals surface area contributed by atoms with Crippen molar-refractivity contribution in [2.45, 2.75) is 25.4 Å². The average Bonchev–Trinajstić information content (AvgIpc) is 3.09. The van der Waals surface area contributed by atoms with Gasteiger partial charge in [-0.2, -0.15) is 5.10 Å². The maximum atomic E-state index is 11.2. The molecule has 2 heterocycles. The van der Waals surface area contributed by atoms with Crippen LogP contribution in [0.1, 0.15) is 18.5 Å². The lowest BCUT2D eigenvalue weighted by atomic mass is 10.2. The molecule has 3 rings (SSSR count). The van der Waals surface area contributed by atoms with Crippen LogP contribution in [-0.2, 0) is 11.3 Å². The SMILES string of the molecule is O=C(O)[C@H]1CCCN1Cc1ccn(-c2ccccc2)n1. The molecular formula is C15H17N3O2. The first-order valence-electron chi connectivity index (χ1n) is 6.81. The molecule has 1 N–H and O–H groups in total. The van der Waals surface area contributed by atoms with Gasteiger partial charge in [0.25, 0.3) is 0 Å². The summed E-state index contributed by atoms with van der Waals surface area (Å²) in [5, 5.41) is 13.7. The van der Waals surface area contributed by atoms with Crippen LogP contribution >= 0.6 is 0 Å². The Labute approximate surface area is 117 Å². The summed E-state index contributed by atoms with van der Waals surface area (Å²) in [4.78, 5) is 13.1. The number of hydrogen-bond acceptors (Lipinski definition) is 3. The maximum Gasteiger partial charge on any atom is 0.320 e. The van der Waals surface area contributed by atoms with Crippen LogP contribution in [0.3, 0.4) is 0 Å². The van der Waals surface area contributed by atoms with E-state index in [4.69, 9.17) is 0 Å². The van der Waals surface area contributed by atoms with Crippen molar-refractivity contribution in [3.8, 4) is 5.69 Å². The van der Waals surface area contributed by atoms with Crippen molar-refractivity contribution in [2.24, 2.45) is 0 Å². The monoisotopic (exact) mass is 271 g/mol. The fourth-order valence-corrected chi connectivity index (χ4v) is 2.67. The third-order valence-electron chi connectivity index (χ3n) is 3.68. The Balaban J connectivity index is 1.73. The van der Waals surface area contributed by atoms with Crippen molar-refractivity contribution >= 4 is 5.97 Å². The van der Waals surface area contributed by atoms with Gasteiger partial charge in [0.05, 0.1) is 11.4 Å². The molecule has 1 aromatic carbocycles. The number of nitrogens with zero attached hydrogens (tertiary/aromatic N) is 3. The lowest BCUT2D eigenvalue weighted by molar-refractivity contribution is -0.142. The third kappa shape index (κ3) is 2.58. The smallest absolute Gasteiger partial charge is 0.320 e. The first kappa shape index (κ1) is 12.9. The molecule has 104 valence electrons. The molecule has 0 spiro atoms. The second-order valence-electron chi connectivity index (χ2n) is 5.05. The van der Waals surface area contributed by atoms with Crippen molar-refractivity contribution in [2.75, 3.05) is 6.54 Å². The van der Waals surface area contributed by atoms with E-state index in [-0.39, 0.29) is 6.04 Å². The highest BCUT2D eigenvalue weighted by molar-refractivity contribution is 5.73. The maximum absolute atomic E-state index is 11.2. The Morgan fingerprint density at radius 1 is 1.30 bits per heavy atom. The van der Waals surface area contributed by atoms with Crippen LogP contribution < -0.4 is 0 Å². The first-order valence-corrected chi connectivity index (χ1v) is 6.81. The van der Waals surface area contributed by atoms with Gasteiger partial charge in [-0.15, -0.1) is 0 Å². The van der Waals surface area contributed by atoms with Gasteiger partial charge in [0.15, 0.2) is 0 Å². The topological polar surface area (TPSA) is 58.4 Å². The van der Waals surface area contributed by atoms with Crippen molar-refractivity contribution in [1.29, 1.82) is 0 Å². The van der Waals surface area contributed by atoms with Crippen LogP contribution in [0.4, 0.5) is 0 Å². The zero-order chi connectivity index (χ0) is 13.9.